The molecule has 0 saturated heterocycles. The Bertz CT molecular complexity index is 441. The molecule has 1 aromatic rings. The zero-order valence-corrected chi connectivity index (χ0v) is 15.3. The molecule has 22 heavy (non-hydrogen) atoms. The van der Waals surface area contributed by atoms with Crippen molar-refractivity contribution in [2.45, 2.75) is 12.8 Å². The number of nitrogens with zero attached hydrogens (tertiary/aromatic N) is 1. The summed E-state index contributed by atoms with van der Waals surface area (Å²) in [5.41, 5.74) is 0. The molecule has 0 atom stereocenters. The summed E-state index contributed by atoms with van der Waals surface area (Å²) in [6.07, 6.45) is 1.17. The van der Waals surface area contributed by atoms with Gasteiger partial charge in [0.15, 0.2) is 5.96 Å². The van der Waals surface area contributed by atoms with Gasteiger partial charge in [0.25, 0.3) is 0 Å². The van der Waals surface area contributed by atoms with Crippen molar-refractivity contribution in [1.82, 2.24) is 10.6 Å². The van der Waals surface area contributed by atoms with Gasteiger partial charge >= 0.3 is 5.97 Å². The van der Waals surface area contributed by atoms with Gasteiger partial charge in [-0.25, -0.2) is 0 Å². The van der Waals surface area contributed by atoms with Crippen LogP contribution in [0, 0.1) is 0 Å². The van der Waals surface area contributed by atoms with Crippen LogP contribution in [0.25, 0.3) is 0 Å². The van der Waals surface area contributed by atoms with Crippen LogP contribution in [0.1, 0.15) is 12.8 Å². The average Bonchev–Trinajstić information content (AvgIpc) is 2.53. The summed E-state index contributed by atoms with van der Waals surface area (Å²) in [7, 11) is 3.07. The van der Waals surface area contributed by atoms with Crippen molar-refractivity contribution in [2.24, 2.45) is 4.99 Å². The van der Waals surface area contributed by atoms with Crippen molar-refractivity contribution in [3.8, 4) is 5.75 Å². The number of methoxy groups -OCH3 is 1. The molecule has 0 aliphatic rings. The van der Waals surface area contributed by atoms with Crippen molar-refractivity contribution in [1.29, 1.82) is 0 Å². The third kappa shape index (κ3) is 9.43. The van der Waals surface area contributed by atoms with E-state index in [1.54, 1.807) is 7.05 Å². The summed E-state index contributed by atoms with van der Waals surface area (Å²) in [5.74, 6) is 1.30. The van der Waals surface area contributed by atoms with Gasteiger partial charge < -0.3 is 20.1 Å². The highest BCUT2D eigenvalue weighted by Gasteiger charge is 2.01. The van der Waals surface area contributed by atoms with E-state index in [-0.39, 0.29) is 29.9 Å². The second kappa shape index (κ2) is 13.2. The number of halogens is 1. The van der Waals surface area contributed by atoms with E-state index in [0.717, 1.165) is 18.7 Å². The lowest BCUT2D eigenvalue weighted by Crippen LogP contribution is -2.39. The zero-order valence-electron chi connectivity index (χ0n) is 13.0. The maximum Gasteiger partial charge on any atom is 0.307 e. The number of carbonyl (C=O) groups is 1. The fraction of sp³-hybridized carbons (Fsp3) is 0.467. The maximum absolute atomic E-state index is 11.0. The van der Waals surface area contributed by atoms with Gasteiger partial charge in [-0.2, -0.15) is 0 Å². The number of benzene rings is 1. The number of ether oxygens (including phenoxy) is 2. The summed E-state index contributed by atoms with van der Waals surface area (Å²) in [6, 6.07) is 9.71. The largest absolute Gasteiger partial charge is 0.494 e. The highest BCUT2D eigenvalue weighted by molar-refractivity contribution is 14.0. The average molecular weight is 421 g/mol. The predicted octanol–water partition coefficient (Wildman–Crippen LogP) is 1.80. The number of guanidine groups is 1. The molecule has 0 amide bonds. The van der Waals surface area contributed by atoms with Crippen LogP contribution in [-0.4, -0.2) is 45.8 Å². The minimum absolute atomic E-state index is 0. The van der Waals surface area contributed by atoms with E-state index in [2.05, 4.69) is 20.4 Å². The Balaban J connectivity index is 0.00000441. The first-order valence-electron chi connectivity index (χ1n) is 6.95. The molecule has 0 aromatic heterocycles. The third-order valence-electron chi connectivity index (χ3n) is 2.70. The smallest absolute Gasteiger partial charge is 0.307 e. The highest BCUT2D eigenvalue weighted by atomic mass is 127. The van der Waals surface area contributed by atoms with Crippen LogP contribution in [0.5, 0.6) is 5.75 Å². The molecule has 2 N–H and O–H groups in total. The summed E-state index contributed by atoms with van der Waals surface area (Å²) in [6.45, 7) is 1.87. The first kappa shape index (κ1) is 20.5. The van der Waals surface area contributed by atoms with Crippen LogP contribution in [0.2, 0.25) is 0 Å². The van der Waals surface area contributed by atoms with Crippen molar-refractivity contribution < 1.29 is 14.3 Å². The minimum Gasteiger partial charge on any atom is -0.494 e. The summed E-state index contributed by atoms with van der Waals surface area (Å²) in [5, 5.41) is 6.19. The Labute approximate surface area is 148 Å². The molecular formula is C15H24IN3O3. The fourth-order valence-electron chi connectivity index (χ4n) is 1.59. The highest BCUT2D eigenvalue weighted by Crippen LogP contribution is 2.07. The molecular weight excluding hydrogens is 397 g/mol. The standard InChI is InChI=1S/C15H23N3O3.HI/c1-16-15(18-11-9-14(19)20-2)17-10-6-12-21-13-7-4-3-5-8-13;/h3-5,7-8H,6,9-12H2,1-2H3,(H2,16,17,18);1H. The van der Waals surface area contributed by atoms with E-state index in [1.165, 1.54) is 7.11 Å². The van der Waals surface area contributed by atoms with E-state index in [0.29, 0.717) is 25.5 Å². The number of rotatable bonds is 8. The van der Waals surface area contributed by atoms with Crippen molar-refractivity contribution in [3.63, 3.8) is 0 Å². The summed E-state index contributed by atoms with van der Waals surface area (Å²) in [4.78, 5) is 15.0. The maximum atomic E-state index is 11.0. The normalized spacial score (nSPS) is 10.4. The SMILES string of the molecule is CN=C(NCCCOc1ccccc1)NCCC(=O)OC.I. The fourth-order valence-corrected chi connectivity index (χ4v) is 1.59. The molecule has 6 nitrogen and oxygen atoms in total. The molecule has 1 rings (SSSR count). The van der Waals surface area contributed by atoms with Gasteiger partial charge in [0.05, 0.1) is 20.1 Å². The molecule has 0 saturated carbocycles. The molecule has 0 aliphatic heterocycles. The molecule has 0 fully saturated rings. The lowest BCUT2D eigenvalue weighted by atomic mass is 10.3. The topological polar surface area (TPSA) is 72.0 Å². The first-order chi connectivity index (χ1) is 10.3. The number of aliphatic imine (C=N–C) groups is 1. The molecule has 0 aliphatic carbocycles. The Morgan fingerprint density at radius 3 is 2.50 bits per heavy atom. The number of hydrogen-bond donors (Lipinski definition) is 2. The van der Waals surface area contributed by atoms with Crippen molar-refractivity contribution in [3.05, 3.63) is 30.3 Å². The minimum atomic E-state index is -0.241. The van der Waals surface area contributed by atoms with E-state index >= 15 is 0 Å². The van der Waals surface area contributed by atoms with Gasteiger partial charge in [-0.15, -0.1) is 24.0 Å². The van der Waals surface area contributed by atoms with Gasteiger partial charge in [0.1, 0.15) is 5.75 Å². The predicted molar refractivity (Wildman–Crippen MR) is 98.0 cm³/mol. The zero-order chi connectivity index (χ0) is 15.3. The monoisotopic (exact) mass is 421 g/mol. The van der Waals surface area contributed by atoms with E-state index in [4.69, 9.17) is 4.74 Å². The van der Waals surface area contributed by atoms with Crippen LogP contribution in [0.3, 0.4) is 0 Å². The number of nitrogens with one attached hydrogen (secondary N) is 2. The molecule has 124 valence electrons. The van der Waals surface area contributed by atoms with Crippen LogP contribution >= 0.6 is 24.0 Å². The molecule has 0 unspecified atom stereocenters. The van der Waals surface area contributed by atoms with Crippen molar-refractivity contribution in [2.75, 3.05) is 33.9 Å². The molecule has 0 radical (unpaired) electrons. The lowest BCUT2D eigenvalue weighted by Gasteiger charge is -2.11. The van der Waals surface area contributed by atoms with Crippen LogP contribution in [0.4, 0.5) is 0 Å². The third-order valence-corrected chi connectivity index (χ3v) is 2.70. The first-order valence-corrected chi connectivity index (χ1v) is 6.95. The van der Waals surface area contributed by atoms with Gasteiger partial charge in [-0.1, -0.05) is 18.2 Å². The van der Waals surface area contributed by atoms with Gasteiger partial charge in [0, 0.05) is 20.1 Å². The van der Waals surface area contributed by atoms with Gasteiger partial charge in [0.2, 0.25) is 0 Å². The summed E-state index contributed by atoms with van der Waals surface area (Å²) < 4.78 is 10.2. The van der Waals surface area contributed by atoms with Crippen LogP contribution < -0.4 is 15.4 Å². The van der Waals surface area contributed by atoms with Gasteiger partial charge in [-0.05, 0) is 18.6 Å². The molecule has 7 heteroatoms. The van der Waals surface area contributed by atoms with E-state index in [9.17, 15) is 4.79 Å². The Morgan fingerprint density at radius 1 is 1.18 bits per heavy atom. The Kier molecular flexibility index (Phi) is 12.3. The second-order valence-electron chi connectivity index (χ2n) is 4.27. The van der Waals surface area contributed by atoms with Crippen molar-refractivity contribution >= 4 is 35.9 Å². The quantitative estimate of drug-likeness (QED) is 0.220. The van der Waals surface area contributed by atoms with Gasteiger partial charge in [-0.3, -0.25) is 9.79 Å². The molecule has 1 aromatic carbocycles. The summed E-state index contributed by atoms with van der Waals surface area (Å²) >= 11 is 0. The Morgan fingerprint density at radius 2 is 1.86 bits per heavy atom. The van der Waals surface area contributed by atoms with Crippen LogP contribution in [-0.2, 0) is 9.53 Å². The number of carbonyl (C=O) groups excluding carboxylic acids is 1. The molecule has 0 spiro atoms. The Hall–Kier alpha value is -1.51. The number of para-hydroxylation sites is 1. The molecule has 0 bridgehead atoms. The molecule has 0 heterocycles. The lowest BCUT2D eigenvalue weighted by molar-refractivity contribution is -0.140. The van der Waals surface area contributed by atoms with E-state index < -0.39 is 0 Å². The van der Waals surface area contributed by atoms with E-state index in [1.807, 2.05) is 30.3 Å². The van der Waals surface area contributed by atoms with Crippen LogP contribution in [0.15, 0.2) is 35.3 Å². The second-order valence-corrected chi connectivity index (χ2v) is 4.27. The number of hydrogen-bond acceptors (Lipinski definition) is 4. The number of esters is 1.